The summed E-state index contributed by atoms with van der Waals surface area (Å²) in [5, 5.41) is 2.91. The molecular weight excluding hydrogens is 368 g/mol. The van der Waals surface area contributed by atoms with Gasteiger partial charge in [0.15, 0.2) is 0 Å². The molecule has 1 aliphatic heterocycles. The smallest absolute Gasteiger partial charge is 0.251 e. The first kappa shape index (κ1) is 20.6. The van der Waals surface area contributed by atoms with E-state index in [0.717, 1.165) is 18.9 Å². The molecule has 0 radical (unpaired) electrons. The zero-order chi connectivity index (χ0) is 20.8. The summed E-state index contributed by atoms with van der Waals surface area (Å²) < 4.78 is 5.13. The zero-order valence-corrected chi connectivity index (χ0v) is 17.2. The number of amides is 2. The van der Waals surface area contributed by atoms with Gasteiger partial charge in [-0.2, -0.15) is 0 Å². The molecule has 7 nitrogen and oxygen atoms in total. The van der Waals surface area contributed by atoms with E-state index in [2.05, 4.69) is 15.2 Å². The predicted octanol–water partition coefficient (Wildman–Crippen LogP) is 2.19. The third-order valence-corrected chi connectivity index (χ3v) is 5.14. The van der Waals surface area contributed by atoms with Crippen LogP contribution in [0.4, 0.5) is 5.82 Å². The number of rotatable bonds is 6. The Morgan fingerprint density at radius 2 is 1.72 bits per heavy atom. The molecule has 0 spiro atoms. The summed E-state index contributed by atoms with van der Waals surface area (Å²) in [6.45, 7) is 6.55. The van der Waals surface area contributed by atoms with Gasteiger partial charge < -0.3 is 19.9 Å². The highest BCUT2D eigenvalue weighted by molar-refractivity contribution is 5.97. The van der Waals surface area contributed by atoms with Crippen LogP contribution in [0.3, 0.4) is 0 Å². The third kappa shape index (κ3) is 5.04. The molecule has 1 aromatic heterocycles. The number of nitrogens with one attached hydrogen (secondary N) is 1. The van der Waals surface area contributed by atoms with Crippen molar-refractivity contribution in [2.45, 2.75) is 19.9 Å². The van der Waals surface area contributed by atoms with Crippen molar-refractivity contribution in [1.29, 1.82) is 0 Å². The number of pyridine rings is 1. The van der Waals surface area contributed by atoms with E-state index in [-0.39, 0.29) is 17.7 Å². The van der Waals surface area contributed by atoms with Crippen LogP contribution in [-0.2, 0) is 4.79 Å². The van der Waals surface area contributed by atoms with Crippen LogP contribution in [0.15, 0.2) is 48.7 Å². The molecule has 2 heterocycles. The van der Waals surface area contributed by atoms with E-state index in [1.165, 1.54) is 0 Å². The Balaban J connectivity index is 1.61. The van der Waals surface area contributed by atoms with Crippen LogP contribution in [-0.4, -0.2) is 61.0 Å². The van der Waals surface area contributed by atoms with Crippen molar-refractivity contribution in [3.63, 3.8) is 0 Å². The van der Waals surface area contributed by atoms with Gasteiger partial charge in [-0.3, -0.25) is 9.59 Å². The lowest BCUT2D eigenvalue weighted by Gasteiger charge is -2.37. The van der Waals surface area contributed by atoms with E-state index in [1.807, 2.05) is 36.9 Å². The number of aromatic nitrogens is 1. The first-order valence-electron chi connectivity index (χ1n) is 9.89. The SMILES string of the molecule is COc1ccc(C(=O)NC(C(=O)N2CCN(c3ccccn3)CC2)C(C)C)cc1. The maximum atomic E-state index is 13.1. The molecule has 0 bridgehead atoms. The van der Waals surface area contributed by atoms with Crippen molar-refractivity contribution in [1.82, 2.24) is 15.2 Å². The normalized spacial score (nSPS) is 15.2. The lowest BCUT2D eigenvalue weighted by atomic mass is 10.0. The third-order valence-electron chi connectivity index (χ3n) is 5.14. The molecule has 154 valence electrons. The number of nitrogens with zero attached hydrogens (tertiary/aromatic N) is 3. The summed E-state index contributed by atoms with van der Waals surface area (Å²) in [6, 6.07) is 12.1. The van der Waals surface area contributed by atoms with Crippen LogP contribution in [0.2, 0.25) is 0 Å². The second-order valence-electron chi connectivity index (χ2n) is 7.42. The number of carbonyl (C=O) groups is 2. The first-order chi connectivity index (χ1) is 14.0. The van der Waals surface area contributed by atoms with Gasteiger partial charge in [0, 0.05) is 37.9 Å². The summed E-state index contributed by atoms with van der Waals surface area (Å²) in [4.78, 5) is 34.1. The minimum absolute atomic E-state index is 0.0153. The van der Waals surface area contributed by atoms with Crippen LogP contribution >= 0.6 is 0 Å². The fourth-order valence-corrected chi connectivity index (χ4v) is 3.37. The Hall–Kier alpha value is -3.09. The highest BCUT2D eigenvalue weighted by Crippen LogP contribution is 2.16. The molecule has 3 rings (SSSR count). The van der Waals surface area contributed by atoms with Gasteiger partial charge in [0.2, 0.25) is 5.91 Å². The zero-order valence-electron chi connectivity index (χ0n) is 17.2. The van der Waals surface area contributed by atoms with E-state index in [1.54, 1.807) is 37.6 Å². The highest BCUT2D eigenvalue weighted by atomic mass is 16.5. The first-order valence-corrected chi connectivity index (χ1v) is 9.89. The average Bonchev–Trinajstić information content (AvgIpc) is 2.77. The molecule has 7 heteroatoms. The maximum absolute atomic E-state index is 13.1. The topological polar surface area (TPSA) is 74.8 Å². The fourth-order valence-electron chi connectivity index (χ4n) is 3.37. The molecule has 1 atom stereocenters. The number of piperazine rings is 1. The number of carbonyl (C=O) groups excluding carboxylic acids is 2. The van der Waals surface area contributed by atoms with Crippen molar-refractivity contribution >= 4 is 17.6 Å². The van der Waals surface area contributed by atoms with E-state index in [0.29, 0.717) is 24.4 Å². The quantitative estimate of drug-likeness (QED) is 0.810. The summed E-state index contributed by atoms with van der Waals surface area (Å²) >= 11 is 0. The lowest BCUT2D eigenvalue weighted by Crippen LogP contribution is -2.56. The molecule has 1 aliphatic rings. The Morgan fingerprint density at radius 3 is 2.28 bits per heavy atom. The number of anilines is 1. The van der Waals surface area contributed by atoms with E-state index < -0.39 is 6.04 Å². The summed E-state index contributed by atoms with van der Waals surface area (Å²) in [5.74, 6) is 1.30. The Kier molecular flexibility index (Phi) is 6.69. The van der Waals surface area contributed by atoms with Gasteiger partial charge in [0.05, 0.1) is 7.11 Å². The maximum Gasteiger partial charge on any atom is 0.251 e. The number of hydrogen-bond donors (Lipinski definition) is 1. The molecule has 2 amide bonds. The van der Waals surface area contributed by atoms with E-state index in [9.17, 15) is 9.59 Å². The Bertz CT molecular complexity index is 816. The minimum atomic E-state index is -0.564. The van der Waals surface area contributed by atoms with E-state index in [4.69, 9.17) is 4.74 Å². The predicted molar refractivity (Wildman–Crippen MR) is 112 cm³/mol. The lowest BCUT2D eigenvalue weighted by molar-refractivity contribution is -0.134. The van der Waals surface area contributed by atoms with Crippen molar-refractivity contribution in [2.24, 2.45) is 5.92 Å². The van der Waals surface area contributed by atoms with Gasteiger partial charge in [-0.15, -0.1) is 0 Å². The summed E-state index contributed by atoms with van der Waals surface area (Å²) in [7, 11) is 1.58. The second-order valence-corrected chi connectivity index (χ2v) is 7.42. The van der Waals surface area contributed by atoms with Crippen molar-refractivity contribution < 1.29 is 14.3 Å². The van der Waals surface area contributed by atoms with Crippen LogP contribution < -0.4 is 15.0 Å². The van der Waals surface area contributed by atoms with Crippen molar-refractivity contribution in [3.8, 4) is 5.75 Å². The summed E-state index contributed by atoms with van der Waals surface area (Å²) in [5.41, 5.74) is 0.504. The van der Waals surface area contributed by atoms with Gasteiger partial charge in [0.1, 0.15) is 17.6 Å². The molecule has 1 N–H and O–H groups in total. The number of ether oxygens (including phenoxy) is 1. The minimum Gasteiger partial charge on any atom is -0.497 e. The van der Waals surface area contributed by atoms with E-state index >= 15 is 0 Å². The van der Waals surface area contributed by atoms with Gasteiger partial charge in [-0.05, 0) is 42.3 Å². The largest absolute Gasteiger partial charge is 0.497 e. The average molecular weight is 396 g/mol. The van der Waals surface area contributed by atoms with Crippen molar-refractivity contribution in [3.05, 3.63) is 54.2 Å². The van der Waals surface area contributed by atoms with Crippen LogP contribution in [0, 0.1) is 5.92 Å². The monoisotopic (exact) mass is 396 g/mol. The molecule has 1 fully saturated rings. The number of benzene rings is 1. The molecule has 2 aromatic rings. The fraction of sp³-hybridized carbons (Fsp3) is 0.409. The van der Waals surface area contributed by atoms with Crippen LogP contribution in [0.1, 0.15) is 24.2 Å². The molecular formula is C22H28N4O3. The highest BCUT2D eigenvalue weighted by Gasteiger charge is 2.31. The molecule has 29 heavy (non-hydrogen) atoms. The molecule has 1 saturated heterocycles. The van der Waals surface area contributed by atoms with Gasteiger partial charge in [-0.25, -0.2) is 4.98 Å². The van der Waals surface area contributed by atoms with Crippen molar-refractivity contribution in [2.75, 3.05) is 38.2 Å². The van der Waals surface area contributed by atoms with Crippen LogP contribution in [0.5, 0.6) is 5.75 Å². The molecule has 0 aliphatic carbocycles. The molecule has 1 unspecified atom stereocenters. The Labute approximate surface area is 171 Å². The Morgan fingerprint density at radius 1 is 1.03 bits per heavy atom. The molecule has 1 aromatic carbocycles. The second kappa shape index (κ2) is 9.41. The standard InChI is InChI=1S/C22H28N4O3/c1-16(2)20(24-21(27)17-7-9-18(29-3)10-8-17)22(28)26-14-12-25(13-15-26)19-6-4-5-11-23-19/h4-11,16,20H,12-15H2,1-3H3,(H,24,27). The van der Waals surface area contributed by atoms with Gasteiger partial charge in [-0.1, -0.05) is 19.9 Å². The molecule has 0 saturated carbocycles. The summed E-state index contributed by atoms with van der Waals surface area (Å²) in [6.07, 6.45) is 1.77. The van der Waals surface area contributed by atoms with Gasteiger partial charge in [0.25, 0.3) is 5.91 Å². The van der Waals surface area contributed by atoms with Gasteiger partial charge >= 0.3 is 0 Å². The number of hydrogen-bond acceptors (Lipinski definition) is 5. The number of methoxy groups -OCH3 is 1. The van der Waals surface area contributed by atoms with Crippen LogP contribution in [0.25, 0.3) is 0 Å².